The van der Waals surface area contributed by atoms with E-state index in [9.17, 15) is 27.9 Å². The Balaban J connectivity index is 1.52. The Morgan fingerprint density at radius 2 is 1.70 bits per heavy atom. The minimum absolute atomic E-state index is 0.0246. The number of ketones is 1. The summed E-state index contributed by atoms with van der Waals surface area (Å²) in [6.45, 7) is 1.69. The van der Waals surface area contributed by atoms with E-state index in [0.29, 0.717) is 24.1 Å². The fourth-order valence-corrected chi connectivity index (χ4v) is 3.59. The number of carbonyl (C=O) groups excluding carboxylic acids is 2. The van der Waals surface area contributed by atoms with Crippen LogP contribution in [-0.4, -0.2) is 38.6 Å². The number of benzene rings is 2. The molecule has 0 aliphatic heterocycles. The van der Waals surface area contributed by atoms with Crippen molar-refractivity contribution in [3.63, 3.8) is 0 Å². The number of aromatic nitrogens is 3. The average molecular weight is 514 g/mol. The van der Waals surface area contributed by atoms with Crippen molar-refractivity contribution in [1.82, 2.24) is 20.6 Å². The summed E-state index contributed by atoms with van der Waals surface area (Å²) in [5.74, 6) is -1.86. The molecular formula is C25H21F3N4O5. The summed E-state index contributed by atoms with van der Waals surface area (Å²) in [5.41, 5.74) is -0.629. The summed E-state index contributed by atoms with van der Waals surface area (Å²) in [6, 6.07) is 13.7. The van der Waals surface area contributed by atoms with Crippen LogP contribution < -0.4 is 5.32 Å². The van der Waals surface area contributed by atoms with E-state index in [-0.39, 0.29) is 23.7 Å². The van der Waals surface area contributed by atoms with Crippen LogP contribution in [0.2, 0.25) is 0 Å². The van der Waals surface area contributed by atoms with Gasteiger partial charge in [-0.05, 0) is 12.0 Å². The van der Waals surface area contributed by atoms with Crippen molar-refractivity contribution in [3.8, 4) is 34.3 Å². The van der Waals surface area contributed by atoms with Crippen molar-refractivity contribution in [2.24, 2.45) is 0 Å². The van der Waals surface area contributed by atoms with Crippen LogP contribution in [0, 0.1) is 0 Å². The predicted octanol–water partition coefficient (Wildman–Crippen LogP) is 4.60. The molecule has 2 aromatic carbocycles. The largest absolute Gasteiger partial charge is 0.422 e. The van der Waals surface area contributed by atoms with Crippen LogP contribution in [0.25, 0.3) is 34.3 Å². The van der Waals surface area contributed by atoms with Crippen LogP contribution >= 0.6 is 0 Å². The van der Waals surface area contributed by atoms with E-state index in [1.165, 1.54) is 43.3 Å². The summed E-state index contributed by atoms with van der Waals surface area (Å²) in [5, 5.41) is 20.2. The third-order valence-electron chi connectivity index (χ3n) is 5.41. The molecule has 2 heterocycles. The maximum absolute atomic E-state index is 13.9. The fourth-order valence-electron chi connectivity index (χ4n) is 3.59. The number of Topliss-reactive ketones (excluding diaryl/α,β-unsaturated/α-hetero) is 1. The van der Waals surface area contributed by atoms with Gasteiger partial charge in [0.1, 0.15) is 17.4 Å². The number of hydrogen-bond donors (Lipinski definition) is 2. The number of rotatable bonds is 9. The molecule has 2 N–H and O–H groups in total. The van der Waals surface area contributed by atoms with E-state index in [0.717, 1.165) is 0 Å². The van der Waals surface area contributed by atoms with Gasteiger partial charge < -0.3 is 19.5 Å². The van der Waals surface area contributed by atoms with Crippen LogP contribution in [0.5, 0.6) is 0 Å². The molecule has 1 amide bonds. The van der Waals surface area contributed by atoms with Crippen molar-refractivity contribution < 1.29 is 36.9 Å². The van der Waals surface area contributed by atoms with Gasteiger partial charge in [0.2, 0.25) is 17.5 Å². The molecule has 0 saturated carbocycles. The van der Waals surface area contributed by atoms with Crippen LogP contribution in [0.3, 0.4) is 0 Å². The lowest BCUT2D eigenvalue weighted by Gasteiger charge is -2.10. The van der Waals surface area contributed by atoms with Crippen molar-refractivity contribution in [3.05, 3.63) is 65.7 Å². The maximum Gasteiger partial charge on any atom is 0.422 e. The standard InChI is InChI=1S/C25H21F3N4O5/c1-14(33)29-13-5-8-18(34)21(35)16-9-11-17(12-10-16)23-30-24(37-32-23)22-19(25(26,27)28)20(31-36-22)15-6-3-2-4-7-15/h2-4,6-7,9-12,21,35H,5,8,13H2,1H3,(H,29,33). The first-order valence-corrected chi connectivity index (χ1v) is 11.2. The number of aliphatic hydroxyl groups excluding tert-OH is 1. The zero-order valence-electron chi connectivity index (χ0n) is 19.5. The number of amides is 1. The van der Waals surface area contributed by atoms with E-state index < -0.39 is 41.0 Å². The second kappa shape index (κ2) is 10.7. The van der Waals surface area contributed by atoms with Crippen LogP contribution in [0.4, 0.5) is 13.2 Å². The van der Waals surface area contributed by atoms with Crippen molar-refractivity contribution in [1.29, 1.82) is 0 Å². The lowest BCUT2D eigenvalue weighted by molar-refractivity contribution is -0.137. The quantitative estimate of drug-likeness (QED) is 0.310. The molecular weight excluding hydrogens is 493 g/mol. The zero-order valence-corrected chi connectivity index (χ0v) is 19.5. The first kappa shape index (κ1) is 25.8. The topological polar surface area (TPSA) is 131 Å². The summed E-state index contributed by atoms with van der Waals surface area (Å²) in [7, 11) is 0. The third-order valence-corrected chi connectivity index (χ3v) is 5.41. The number of hydrogen-bond acceptors (Lipinski definition) is 8. The van der Waals surface area contributed by atoms with E-state index in [1.807, 2.05) is 0 Å². The highest BCUT2D eigenvalue weighted by Gasteiger charge is 2.43. The molecule has 1 atom stereocenters. The summed E-state index contributed by atoms with van der Waals surface area (Å²) >= 11 is 0. The normalized spacial score (nSPS) is 12.4. The molecule has 192 valence electrons. The fraction of sp³-hybridized carbons (Fsp3) is 0.240. The minimum atomic E-state index is -4.80. The lowest BCUT2D eigenvalue weighted by Crippen LogP contribution is -2.22. The Morgan fingerprint density at radius 1 is 1.00 bits per heavy atom. The Bertz CT molecular complexity index is 1380. The number of nitrogens with one attached hydrogen (secondary N) is 1. The molecule has 0 spiro atoms. The van der Waals surface area contributed by atoms with Gasteiger partial charge in [-0.1, -0.05) is 64.9 Å². The number of nitrogens with zero attached hydrogens (tertiary/aromatic N) is 3. The minimum Gasteiger partial charge on any atom is -0.381 e. The molecule has 0 fully saturated rings. The Morgan fingerprint density at radius 3 is 2.35 bits per heavy atom. The van der Waals surface area contributed by atoms with Gasteiger partial charge in [-0.3, -0.25) is 9.59 Å². The number of halogens is 3. The number of aliphatic hydroxyl groups is 1. The van der Waals surface area contributed by atoms with E-state index in [1.54, 1.807) is 18.2 Å². The number of alkyl halides is 3. The first-order chi connectivity index (χ1) is 17.6. The molecule has 0 aliphatic carbocycles. The highest BCUT2D eigenvalue weighted by Crippen LogP contribution is 2.43. The highest BCUT2D eigenvalue weighted by atomic mass is 19.4. The smallest absolute Gasteiger partial charge is 0.381 e. The van der Waals surface area contributed by atoms with Gasteiger partial charge in [-0.15, -0.1) is 0 Å². The molecule has 0 saturated heterocycles. The van der Waals surface area contributed by atoms with Gasteiger partial charge in [-0.25, -0.2) is 0 Å². The first-order valence-electron chi connectivity index (χ1n) is 11.2. The van der Waals surface area contributed by atoms with E-state index in [2.05, 4.69) is 20.6 Å². The van der Waals surface area contributed by atoms with Crippen molar-refractivity contribution in [2.75, 3.05) is 6.54 Å². The molecule has 0 aliphatic rings. The second-order valence-electron chi connectivity index (χ2n) is 8.10. The van der Waals surface area contributed by atoms with Gasteiger partial charge in [0.25, 0.3) is 5.89 Å². The number of carbonyl (C=O) groups is 2. The molecule has 4 rings (SSSR count). The van der Waals surface area contributed by atoms with Crippen molar-refractivity contribution >= 4 is 11.7 Å². The zero-order chi connectivity index (χ0) is 26.6. The molecule has 2 aromatic heterocycles. The molecule has 37 heavy (non-hydrogen) atoms. The summed E-state index contributed by atoms with van der Waals surface area (Å²) < 4.78 is 51.7. The van der Waals surface area contributed by atoms with Gasteiger partial charge in [-0.2, -0.15) is 18.2 Å². The molecule has 0 radical (unpaired) electrons. The SMILES string of the molecule is CC(=O)NCCCC(=O)C(O)c1ccc(-c2noc(-c3onc(-c4ccccc4)c3C(F)(F)F)n2)cc1. The van der Waals surface area contributed by atoms with Gasteiger partial charge in [0.05, 0.1) is 0 Å². The second-order valence-corrected chi connectivity index (χ2v) is 8.10. The van der Waals surface area contributed by atoms with E-state index >= 15 is 0 Å². The maximum atomic E-state index is 13.9. The molecule has 12 heteroatoms. The van der Waals surface area contributed by atoms with Crippen LogP contribution in [0.1, 0.15) is 37.0 Å². The highest BCUT2D eigenvalue weighted by molar-refractivity contribution is 5.84. The van der Waals surface area contributed by atoms with E-state index in [4.69, 9.17) is 9.05 Å². The average Bonchev–Trinajstić information content (AvgIpc) is 3.54. The third kappa shape index (κ3) is 5.92. The molecule has 9 nitrogen and oxygen atoms in total. The monoisotopic (exact) mass is 514 g/mol. The Labute approximate surface area is 208 Å². The molecule has 1 unspecified atom stereocenters. The van der Waals surface area contributed by atoms with Gasteiger partial charge >= 0.3 is 6.18 Å². The van der Waals surface area contributed by atoms with Gasteiger partial charge in [0.15, 0.2) is 5.78 Å². The van der Waals surface area contributed by atoms with Gasteiger partial charge in [0, 0.05) is 31.0 Å². The molecule has 0 bridgehead atoms. The summed E-state index contributed by atoms with van der Waals surface area (Å²) in [6.07, 6.45) is -5.72. The predicted molar refractivity (Wildman–Crippen MR) is 124 cm³/mol. The summed E-state index contributed by atoms with van der Waals surface area (Å²) in [4.78, 5) is 27.1. The Hall–Kier alpha value is -4.32. The van der Waals surface area contributed by atoms with Crippen LogP contribution in [0.15, 0.2) is 63.6 Å². The van der Waals surface area contributed by atoms with Crippen molar-refractivity contribution in [2.45, 2.75) is 32.0 Å². The Kier molecular flexibility index (Phi) is 7.48. The lowest BCUT2D eigenvalue weighted by atomic mass is 10.0. The van der Waals surface area contributed by atoms with Crippen LogP contribution in [-0.2, 0) is 15.8 Å². The molecule has 4 aromatic rings.